The molecule has 2 aromatic rings. The van der Waals surface area contributed by atoms with Crippen LogP contribution in [0.5, 0.6) is 6.01 Å². The monoisotopic (exact) mass is 749 g/mol. The summed E-state index contributed by atoms with van der Waals surface area (Å²) in [6, 6.07) is 6.78. The lowest BCUT2D eigenvalue weighted by atomic mass is 9.94. The average molecular weight is 751 g/mol. The van der Waals surface area contributed by atoms with Crippen LogP contribution in [-0.2, 0) is 39.8 Å². The Hall–Kier alpha value is -2.84. The number of halogens is 3. The molecule has 0 aliphatic carbocycles. The first-order valence-electron chi connectivity index (χ1n) is 17.5. The molecule has 1 amide bonds. The molecule has 1 aromatic carbocycles. The second-order valence-electron chi connectivity index (χ2n) is 13.2. The molecule has 1 aromatic heterocycles. The van der Waals surface area contributed by atoms with Gasteiger partial charge in [-0.05, 0) is 55.8 Å². The van der Waals surface area contributed by atoms with Gasteiger partial charge in [0.1, 0.15) is 17.7 Å². The standard InChI is InChI=1S/C28H34Cl2N6O4S.C7H12FN/c1-3-17-18(6-4-7-20(17)29)23-14-21-19(16-40-23)26(34-28(33-21)39-2)36-9-5-8-32-22(15-36)24(30)25(31)27(37)35-10-12-41(38)13-11-35;8-6-4-7-2-1-3-9(7)5-6/h4,6-7,23H,3,5,8-16,31H2,1-2H3;6-7H,1-5H2/b25-24+;. The molecule has 0 bridgehead atoms. The summed E-state index contributed by atoms with van der Waals surface area (Å²) in [4.78, 5) is 33.1. The molecule has 5 aliphatic rings. The molecule has 7 rings (SSSR count). The van der Waals surface area contributed by atoms with E-state index in [0.717, 1.165) is 53.2 Å². The third-order valence-corrected chi connectivity index (χ3v) is 12.1. The Morgan fingerprint density at radius 2 is 1.98 bits per heavy atom. The SMILES string of the molecule is CCc1c(Cl)cccc1C1Cc2nc(OC)nc(N3CCCN=C(/C(Cl)=C(\N)C(=O)N4CCS(=O)CC4)C3)c2CO1.FC1CC2CCCN2C1. The number of carbonyl (C=O) groups excluding carboxylic acids is 1. The number of benzene rings is 1. The van der Waals surface area contributed by atoms with E-state index in [9.17, 15) is 13.4 Å². The molecule has 272 valence electrons. The molecular formula is C35H46Cl2FN7O4S. The number of amides is 1. The van der Waals surface area contributed by atoms with E-state index in [-0.39, 0.29) is 28.8 Å². The smallest absolute Gasteiger partial charge is 0.318 e. The van der Waals surface area contributed by atoms with Gasteiger partial charge in [0.15, 0.2) is 0 Å². The van der Waals surface area contributed by atoms with E-state index in [2.05, 4.69) is 27.8 Å². The second kappa shape index (κ2) is 16.7. The van der Waals surface area contributed by atoms with Crippen molar-refractivity contribution in [1.82, 2.24) is 19.8 Å². The Morgan fingerprint density at radius 3 is 2.72 bits per heavy atom. The Morgan fingerprint density at radius 1 is 1.18 bits per heavy atom. The first-order chi connectivity index (χ1) is 24.2. The summed E-state index contributed by atoms with van der Waals surface area (Å²) < 4.78 is 36.2. The molecule has 15 heteroatoms. The highest BCUT2D eigenvalue weighted by Gasteiger charge is 2.35. The summed E-state index contributed by atoms with van der Waals surface area (Å²) in [5.41, 5.74) is 10.6. The van der Waals surface area contributed by atoms with Crippen LogP contribution in [0.2, 0.25) is 5.02 Å². The van der Waals surface area contributed by atoms with Crippen LogP contribution >= 0.6 is 23.2 Å². The minimum Gasteiger partial charge on any atom is -0.467 e. The van der Waals surface area contributed by atoms with Crippen LogP contribution in [0.1, 0.15) is 61.1 Å². The first kappa shape index (κ1) is 36.9. The number of carbonyl (C=O) groups is 1. The molecule has 0 spiro atoms. The zero-order valence-electron chi connectivity index (χ0n) is 28.7. The second-order valence-corrected chi connectivity index (χ2v) is 15.7. The van der Waals surface area contributed by atoms with Crippen LogP contribution in [0.15, 0.2) is 33.9 Å². The van der Waals surface area contributed by atoms with Crippen LogP contribution in [0, 0.1) is 0 Å². The molecule has 0 saturated carbocycles. The van der Waals surface area contributed by atoms with Gasteiger partial charge in [0.25, 0.3) is 5.91 Å². The number of methoxy groups -OCH3 is 1. The van der Waals surface area contributed by atoms with Crippen molar-refractivity contribution in [2.75, 3.05) is 69.3 Å². The topological polar surface area (TPSA) is 126 Å². The molecule has 0 radical (unpaired) electrons. The normalized spacial score (nSPS) is 24.7. The number of nitrogens with two attached hydrogens (primary N) is 1. The van der Waals surface area contributed by atoms with Crippen LogP contribution in [0.3, 0.4) is 0 Å². The largest absolute Gasteiger partial charge is 0.467 e. The molecular weight excluding hydrogens is 704 g/mol. The molecule has 5 aliphatic heterocycles. The number of alkyl halides is 1. The molecule has 11 nitrogen and oxygen atoms in total. The van der Waals surface area contributed by atoms with Crippen LogP contribution in [-0.4, -0.2) is 112 Å². The van der Waals surface area contributed by atoms with Crippen LogP contribution < -0.4 is 15.4 Å². The van der Waals surface area contributed by atoms with Gasteiger partial charge in [0.05, 0.1) is 42.8 Å². The lowest BCUT2D eigenvalue weighted by Crippen LogP contribution is -2.44. The molecule has 3 unspecified atom stereocenters. The van der Waals surface area contributed by atoms with Crippen molar-refractivity contribution in [3.8, 4) is 6.01 Å². The zero-order valence-corrected chi connectivity index (χ0v) is 31.0. The minimum absolute atomic E-state index is 0.0540. The van der Waals surface area contributed by atoms with Crippen molar-refractivity contribution in [3.05, 3.63) is 56.3 Å². The van der Waals surface area contributed by atoms with Gasteiger partial charge in [-0.25, -0.2) is 4.39 Å². The van der Waals surface area contributed by atoms with Crippen molar-refractivity contribution < 1.29 is 22.9 Å². The van der Waals surface area contributed by atoms with Crippen LogP contribution in [0.25, 0.3) is 0 Å². The molecule has 3 saturated heterocycles. The maximum Gasteiger partial charge on any atom is 0.318 e. The third-order valence-electron chi connectivity index (χ3n) is 10.1. The number of aliphatic imine (C=N–C) groups is 1. The maximum atomic E-state index is 13.0. The number of hydrogen-bond donors (Lipinski definition) is 1. The Labute approximate surface area is 305 Å². The first-order valence-corrected chi connectivity index (χ1v) is 19.7. The molecule has 2 N–H and O–H groups in total. The van der Waals surface area contributed by atoms with Gasteiger partial charge in [-0.2, -0.15) is 9.97 Å². The van der Waals surface area contributed by atoms with E-state index in [0.29, 0.717) is 81.4 Å². The van der Waals surface area contributed by atoms with E-state index in [1.807, 2.05) is 12.1 Å². The highest BCUT2D eigenvalue weighted by Crippen LogP contribution is 2.38. The van der Waals surface area contributed by atoms with E-state index in [4.69, 9.17) is 48.4 Å². The van der Waals surface area contributed by atoms with Gasteiger partial charge in [-0.15, -0.1) is 0 Å². The minimum atomic E-state index is -0.907. The van der Waals surface area contributed by atoms with E-state index < -0.39 is 17.0 Å². The summed E-state index contributed by atoms with van der Waals surface area (Å²) >= 11 is 13.2. The average Bonchev–Trinajstić information content (AvgIpc) is 3.61. The number of fused-ring (bicyclic) bond motifs is 2. The Bertz CT molecular complexity index is 1640. The zero-order chi connectivity index (χ0) is 35.4. The summed E-state index contributed by atoms with van der Waals surface area (Å²) in [6.45, 7) is 6.53. The fourth-order valence-corrected chi connectivity index (χ4v) is 8.99. The predicted octanol–water partition coefficient (Wildman–Crippen LogP) is 4.36. The summed E-state index contributed by atoms with van der Waals surface area (Å²) in [6.07, 6.45) is 4.72. The number of anilines is 1. The maximum absolute atomic E-state index is 13.0. The molecule has 3 atom stereocenters. The van der Waals surface area contributed by atoms with Gasteiger partial charge in [0.2, 0.25) is 0 Å². The van der Waals surface area contributed by atoms with Gasteiger partial charge in [0, 0.05) is 78.1 Å². The number of hydrogen-bond acceptors (Lipinski definition) is 10. The quantitative estimate of drug-likeness (QED) is 0.429. The fraction of sp³-hybridized carbons (Fsp3) is 0.600. The van der Waals surface area contributed by atoms with E-state index in [1.165, 1.54) is 12.8 Å². The fourth-order valence-electron chi connectivity index (χ4n) is 7.43. The van der Waals surface area contributed by atoms with Crippen LogP contribution in [0.4, 0.5) is 10.2 Å². The Balaban J connectivity index is 0.000000412. The molecule has 50 heavy (non-hydrogen) atoms. The van der Waals surface area contributed by atoms with Crippen molar-refractivity contribution in [2.45, 2.75) is 70.4 Å². The number of rotatable bonds is 6. The number of aromatic nitrogens is 2. The third kappa shape index (κ3) is 8.28. The van der Waals surface area contributed by atoms with E-state index in [1.54, 1.807) is 12.0 Å². The summed E-state index contributed by atoms with van der Waals surface area (Å²) in [5, 5.41) is 0.863. The van der Waals surface area contributed by atoms with Gasteiger partial charge in [-0.3, -0.25) is 18.9 Å². The van der Waals surface area contributed by atoms with Crippen molar-refractivity contribution in [3.63, 3.8) is 0 Å². The molecule has 3 fully saturated rings. The molecule has 6 heterocycles. The summed E-state index contributed by atoms with van der Waals surface area (Å²) in [7, 11) is 0.640. The van der Waals surface area contributed by atoms with Gasteiger partial charge in [-0.1, -0.05) is 42.3 Å². The highest BCUT2D eigenvalue weighted by molar-refractivity contribution is 7.85. The lowest BCUT2D eigenvalue weighted by Gasteiger charge is -2.31. The highest BCUT2D eigenvalue weighted by atomic mass is 35.5. The lowest BCUT2D eigenvalue weighted by molar-refractivity contribution is -0.126. The number of ether oxygens (including phenoxy) is 2. The predicted molar refractivity (Wildman–Crippen MR) is 195 cm³/mol. The number of nitrogens with zero attached hydrogens (tertiary/aromatic N) is 6. The van der Waals surface area contributed by atoms with E-state index >= 15 is 0 Å². The van der Waals surface area contributed by atoms with Crippen molar-refractivity contribution >= 4 is 51.4 Å². The van der Waals surface area contributed by atoms with Gasteiger partial charge >= 0.3 is 6.01 Å². The summed E-state index contributed by atoms with van der Waals surface area (Å²) in [5.74, 6) is 1.20. The van der Waals surface area contributed by atoms with Crippen molar-refractivity contribution in [2.24, 2.45) is 10.7 Å². The Kier molecular flexibility index (Phi) is 12.3. The van der Waals surface area contributed by atoms with Crippen molar-refractivity contribution in [1.29, 1.82) is 0 Å². The van der Waals surface area contributed by atoms with Gasteiger partial charge < -0.3 is 25.0 Å².